The topological polar surface area (TPSA) is 52.6 Å². The van der Waals surface area contributed by atoms with E-state index in [2.05, 4.69) is 63.0 Å². The molecule has 0 saturated carbocycles. The van der Waals surface area contributed by atoms with E-state index in [-0.39, 0.29) is 24.0 Å². The number of nitrogens with one attached hydrogen (secondary N) is 2. The Bertz CT molecular complexity index is 628. The minimum Gasteiger partial charge on any atom is -0.354 e. The maximum Gasteiger partial charge on any atom is 0.191 e. The maximum absolute atomic E-state index is 4.61. The fraction of sp³-hybridized carbons (Fsp3) is 0.333. The van der Waals surface area contributed by atoms with Crippen molar-refractivity contribution in [1.29, 1.82) is 0 Å². The highest BCUT2D eigenvalue weighted by Gasteiger charge is 2.14. The summed E-state index contributed by atoms with van der Waals surface area (Å²) in [6, 6.07) is 8.31. The van der Waals surface area contributed by atoms with Crippen LogP contribution < -0.4 is 10.6 Å². The summed E-state index contributed by atoms with van der Waals surface area (Å²) in [5.74, 6) is 0.766. The number of nitrogens with zero attached hydrogens (tertiary/aromatic N) is 3. The first-order valence-electron chi connectivity index (χ1n) is 7.92. The molecule has 0 spiro atoms. The van der Waals surface area contributed by atoms with Crippen LogP contribution in [0.5, 0.6) is 0 Å². The number of hydrogen-bond acceptors (Lipinski definition) is 4. The summed E-state index contributed by atoms with van der Waals surface area (Å²) >= 11 is 1.72. The first kappa shape index (κ1) is 21.6. The third kappa shape index (κ3) is 7.54. The van der Waals surface area contributed by atoms with E-state index in [1.807, 2.05) is 24.3 Å². The molecule has 0 aliphatic carbocycles. The van der Waals surface area contributed by atoms with Crippen molar-refractivity contribution in [1.82, 2.24) is 20.5 Å². The first-order chi connectivity index (χ1) is 11.7. The molecule has 0 amide bonds. The Morgan fingerprint density at radius 1 is 1.36 bits per heavy atom. The highest BCUT2D eigenvalue weighted by atomic mass is 127. The zero-order valence-electron chi connectivity index (χ0n) is 14.7. The number of rotatable bonds is 8. The van der Waals surface area contributed by atoms with Gasteiger partial charge in [-0.05, 0) is 48.6 Å². The number of halogens is 1. The molecule has 0 fully saturated rings. The Hall–Kier alpha value is -1.45. The number of likely N-dealkylation sites (N-methyl/N-ethyl adjacent to an activating group) is 1. The zero-order chi connectivity index (χ0) is 17.2. The zero-order valence-corrected chi connectivity index (χ0v) is 17.8. The minimum atomic E-state index is 0. The molecule has 0 radical (unpaired) electrons. The van der Waals surface area contributed by atoms with Crippen LogP contribution in [0, 0.1) is 0 Å². The number of thiophene rings is 1. The van der Waals surface area contributed by atoms with Crippen LogP contribution in [0.2, 0.25) is 0 Å². The molecule has 2 N–H and O–H groups in total. The summed E-state index contributed by atoms with van der Waals surface area (Å²) in [5, 5.41) is 11.0. The van der Waals surface area contributed by atoms with Gasteiger partial charge in [-0.3, -0.25) is 4.98 Å². The number of guanidine groups is 1. The molecule has 1 atom stereocenters. The molecule has 2 aromatic heterocycles. The third-order valence-electron chi connectivity index (χ3n) is 3.55. The van der Waals surface area contributed by atoms with Gasteiger partial charge in [-0.2, -0.15) is 11.3 Å². The van der Waals surface area contributed by atoms with E-state index >= 15 is 0 Å². The van der Waals surface area contributed by atoms with E-state index in [1.54, 1.807) is 17.5 Å². The average Bonchev–Trinajstić information content (AvgIpc) is 3.11. The van der Waals surface area contributed by atoms with Gasteiger partial charge in [0.25, 0.3) is 0 Å². The van der Waals surface area contributed by atoms with Crippen molar-refractivity contribution in [3.8, 4) is 0 Å². The number of aliphatic imine (C=N–C) groups is 1. The number of hydrogen-bond donors (Lipinski definition) is 2. The minimum absolute atomic E-state index is 0. The van der Waals surface area contributed by atoms with Crippen LogP contribution in [0.4, 0.5) is 0 Å². The smallest absolute Gasteiger partial charge is 0.191 e. The predicted molar refractivity (Wildman–Crippen MR) is 118 cm³/mol. The average molecular weight is 471 g/mol. The molecular weight excluding hydrogens is 445 g/mol. The second-order valence-electron chi connectivity index (χ2n) is 5.57. The normalized spacial score (nSPS) is 12.4. The van der Waals surface area contributed by atoms with E-state index < -0.39 is 0 Å². The third-order valence-corrected chi connectivity index (χ3v) is 4.25. The van der Waals surface area contributed by atoms with Gasteiger partial charge in [0.2, 0.25) is 0 Å². The van der Waals surface area contributed by atoms with Crippen molar-refractivity contribution in [3.05, 3.63) is 65.1 Å². The Balaban J connectivity index is 0.00000312. The molecule has 0 aromatic carbocycles. The highest BCUT2D eigenvalue weighted by Crippen LogP contribution is 2.19. The van der Waals surface area contributed by atoms with Crippen molar-refractivity contribution in [2.75, 3.05) is 27.2 Å². The molecule has 0 aliphatic rings. The summed E-state index contributed by atoms with van der Waals surface area (Å²) in [7, 11) is 4.18. The molecule has 2 aromatic rings. The number of pyridine rings is 1. The Labute approximate surface area is 171 Å². The SMILES string of the molecule is C=CCNC(=NCc1ccccn1)NCC(c1ccsc1)N(C)C.I. The summed E-state index contributed by atoms with van der Waals surface area (Å²) in [6.45, 7) is 5.73. The first-order valence-corrected chi connectivity index (χ1v) is 8.86. The lowest BCUT2D eigenvalue weighted by Gasteiger charge is -2.25. The quantitative estimate of drug-likeness (QED) is 0.269. The molecule has 0 saturated heterocycles. The van der Waals surface area contributed by atoms with E-state index in [4.69, 9.17) is 0 Å². The lowest BCUT2D eigenvalue weighted by Crippen LogP contribution is -2.41. The van der Waals surface area contributed by atoms with Crippen LogP contribution >= 0.6 is 35.3 Å². The molecule has 136 valence electrons. The lowest BCUT2D eigenvalue weighted by molar-refractivity contribution is 0.299. The molecule has 0 aliphatic heterocycles. The van der Waals surface area contributed by atoms with Gasteiger partial charge in [-0.1, -0.05) is 12.1 Å². The maximum atomic E-state index is 4.61. The van der Waals surface area contributed by atoms with Gasteiger partial charge in [-0.15, -0.1) is 30.6 Å². The van der Waals surface area contributed by atoms with Crippen LogP contribution in [0.3, 0.4) is 0 Å². The lowest BCUT2D eigenvalue weighted by atomic mass is 10.1. The van der Waals surface area contributed by atoms with Crippen LogP contribution in [-0.4, -0.2) is 43.0 Å². The van der Waals surface area contributed by atoms with E-state index in [1.165, 1.54) is 5.56 Å². The molecule has 25 heavy (non-hydrogen) atoms. The highest BCUT2D eigenvalue weighted by molar-refractivity contribution is 14.0. The van der Waals surface area contributed by atoms with E-state index in [9.17, 15) is 0 Å². The molecule has 0 bridgehead atoms. The predicted octanol–water partition coefficient (Wildman–Crippen LogP) is 3.29. The van der Waals surface area contributed by atoms with Crippen LogP contribution in [0.1, 0.15) is 17.3 Å². The van der Waals surface area contributed by atoms with Crippen molar-refractivity contribution < 1.29 is 0 Å². The van der Waals surface area contributed by atoms with Crippen molar-refractivity contribution in [3.63, 3.8) is 0 Å². The van der Waals surface area contributed by atoms with Gasteiger partial charge in [0.15, 0.2) is 5.96 Å². The second-order valence-corrected chi connectivity index (χ2v) is 6.35. The Morgan fingerprint density at radius 2 is 2.20 bits per heavy atom. The van der Waals surface area contributed by atoms with Gasteiger partial charge in [0, 0.05) is 19.3 Å². The van der Waals surface area contributed by atoms with E-state index in [0.29, 0.717) is 19.1 Å². The Morgan fingerprint density at radius 3 is 2.80 bits per heavy atom. The number of aromatic nitrogens is 1. The fourth-order valence-corrected chi connectivity index (χ4v) is 2.96. The summed E-state index contributed by atoms with van der Waals surface area (Å²) in [4.78, 5) is 11.1. The van der Waals surface area contributed by atoms with Crippen LogP contribution in [0.15, 0.2) is 58.9 Å². The van der Waals surface area contributed by atoms with Crippen molar-refractivity contribution >= 4 is 41.3 Å². The van der Waals surface area contributed by atoms with Crippen molar-refractivity contribution in [2.24, 2.45) is 4.99 Å². The van der Waals surface area contributed by atoms with Gasteiger partial charge in [-0.25, -0.2) is 4.99 Å². The fourth-order valence-electron chi connectivity index (χ4n) is 2.25. The van der Waals surface area contributed by atoms with Gasteiger partial charge in [0.05, 0.1) is 18.3 Å². The summed E-state index contributed by atoms with van der Waals surface area (Å²) in [6.07, 6.45) is 3.61. The monoisotopic (exact) mass is 471 g/mol. The van der Waals surface area contributed by atoms with Gasteiger partial charge in [0.1, 0.15) is 0 Å². The van der Waals surface area contributed by atoms with Gasteiger partial charge >= 0.3 is 0 Å². The van der Waals surface area contributed by atoms with Crippen LogP contribution in [-0.2, 0) is 6.54 Å². The molecule has 7 heteroatoms. The molecule has 2 heterocycles. The van der Waals surface area contributed by atoms with E-state index in [0.717, 1.165) is 18.2 Å². The van der Waals surface area contributed by atoms with Crippen molar-refractivity contribution in [2.45, 2.75) is 12.6 Å². The standard InChI is InChI=1S/C18H25N5S.HI/c1-4-9-20-18(21-12-16-7-5-6-10-19-16)22-13-17(23(2)3)15-8-11-24-14-15;/h4-8,10-11,14,17H,1,9,12-13H2,2-3H3,(H2,20,21,22);1H. The summed E-state index contributed by atoms with van der Waals surface area (Å²) < 4.78 is 0. The second kappa shape index (κ2) is 12.0. The van der Waals surface area contributed by atoms with Crippen LogP contribution in [0.25, 0.3) is 0 Å². The molecular formula is C18H26IN5S. The Kier molecular flexibility index (Phi) is 10.4. The van der Waals surface area contributed by atoms with Gasteiger partial charge < -0.3 is 15.5 Å². The molecule has 5 nitrogen and oxygen atoms in total. The molecule has 2 rings (SSSR count). The largest absolute Gasteiger partial charge is 0.354 e. The molecule has 1 unspecified atom stereocenters. The summed E-state index contributed by atoms with van der Waals surface area (Å²) in [5.41, 5.74) is 2.25.